The molecule has 0 bridgehead atoms. The molecule has 10 heteroatoms. The molecule has 2 heterocycles. The summed E-state index contributed by atoms with van der Waals surface area (Å²) in [7, 11) is 1.27. The first kappa shape index (κ1) is 26.4. The number of nitrogens with zero attached hydrogens (tertiary/aromatic N) is 3. The van der Waals surface area contributed by atoms with Crippen LogP contribution in [-0.2, 0) is 14.3 Å². The van der Waals surface area contributed by atoms with Crippen molar-refractivity contribution in [3.8, 4) is 0 Å². The zero-order chi connectivity index (χ0) is 25.0. The normalized spacial score (nSPS) is 20.2. The molecule has 1 saturated heterocycles. The van der Waals surface area contributed by atoms with Crippen molar-refractivity contribution in [3.05, 3.63) is 40.4 Å². The molecule has 1 aromatic carbocycles. The van der Waals surface area contributed by atoms with E-state index < -0.39 is 30.7 Å². The lowest BCUT2D eigenvalue weighted by atomic mass is 9.89. The Balaban J connectivity index is 1.87. The third-order valence-electron chi connectivity index (χ3n) is 6.18. The Morgan fingerprint density at radius 2 is 1.88 bits per heavy atom. The fourth-order valence-corrected chi connectivity index (χ4v) is 4.59. The van der Waals surface area contributed by atoms with E-state index in [9.17, 15) is 22.8 Å². The van der Waals surface area contributed by atoms with E-state index in [1.807, 2.05) is 44.2 Å². The Hall–Kier alpha value is -2.20. The number of benzene rings is 1. The third-order valence-corrected chi connectivity index (χ3v) is 6.71. The molecular weight excluding hydrogens is 515 g/mol. The number of hydrogen-bond acceptors (Lipinski definition) is 5. The number of alkyl halides is 3. The van der Waals surface area contributed by atoms with Gasteiger partial charge in [0.1, 0.15) is 0 Å². The predicted octanol–water partition coefficient (Wildman–Crippen LogP) is 4.55. The molecule has 0 saturated carbocycles. The number of rotatable bonds is 7. The molecule has 0 spiro atoms. The van der Waals surface area contributed by atoms with Crippen molar-refractivity contribution in [2.24, 2.45) is 16.8 Å². The van der Waals surface area contributed by atoms with Crippen molar-refractivity contribution in [1.29, 1.82) is 0 Å². The summed E-state index contributed by atoms with van der Waals surface area (Å²) in [5, 5.41) is 0. The molecule has 6 nitrogen and oxygen atoms in total. The number of allylic oxidation sites excluding steroid dienone is 1. The average Bonchev–Trinajstić information content (AvgIpc) is 3.26. The number of amides is 1. The van der Waals surface area contributed by atoms with Gasteiger partial charge in [-0.1, -0.05) is 48.0 Å². The van der Waals surface area contributed by atoms with Gasteiger partial charge in [-0.15, -0.1) is 0 Å². The highest BCUT2D eigenvalue weighted by Crippen LogP contribution is 2.30. The first-order chi connectivity index (χ1) is 16.0. The van der Waals surface area contributed by atoms with Gasteiger partial charge < -0.3 is 9.64 Å². The van der Waals surface area contributed by atoms with E-state index in [1.165, 1.54) is 12.0 Å². The Morgan fingerprint density at radius 1 is 1.21 bits per heavy atom. The van der Waals surface area contributed by atoms with E-state index in [2.05, 4.69) is 15.9 Å². The minimum absolute atomic E-state index is 0.0363. The Kier molecular flexibility index (Phi) is 8.57. The van der Waals surface area contributed by atoms with Gasteiger partial charge in [0.05, 0.1) is 37.7 Å². The first-order valence-electron chi connectivity index (χ1n) is 11.2. The maximum absolute atomic E-state index is 13.5. The zero-order valence-electron chi connectivity index (χ0n) is 19.4. The minimum atomic E-state index is -4.33. The molecule has 186 valence electrons. The second-order valence-electron chi connectivity index (χ2n) is 8.93. The monoisotopic (exact) mass is 543 g/mol. The van der Waals surface area contributed by atoms with Crippen LogP contribution >= 0.6 is 15.9 Å². The van der Waals surface area contributed by atoms with Crippen molar-refractivity contribution in [1.82, 2.24) is 9.80 Å². The van der Waals surface area contributed by atoms with Gasteiger partial charge in [-0.2, -0.15) is 13.2 Å². The van der Waals surface area contributed by atoms with Gasteiger partial charge in [-0.3, -0.25) is 19.5 Å². The van der Waals surface area contributed by atoms with Gasteiger partial charge in [-0.05, 0) is 23.6 Å². The van der Waals surface area contributed by atoms with Gasteiger partial charge in [-0.25, -0.2) is 0 Å². The van der Waals surface area contributed by atoms with E-state index in [0.717, 1.165) is 15.7 Å². The van der Waals surface area contributed by atoms with Crippen molar-refractivity contribution < 1.29 is 27.5 Å². The summed E-state index contributed by atoms with van der Waals surface area (Å²) in [6, 6.07) is 7.00. The molecule has 1 aromatic rings. The zero-order valence-corrected chi connectivity index (χ0v) is 21.0. The summed E-state index contributed by atoms with van der Waals surface area (Å²) in [5.74, 6) is -1.50. The Bertz CT molecular complexity index is 960. The number of carbonyl (C=O) groups is 2. The lowest BCUT2D eigenvalue weighted by Gasteiger charge is -2.43. The summed E-state index contributed by atoms with van der Waals surface area (Å²) >= 11 is 3.40. The number of aliphatic imine (C=N–C) groups is 1. The molecule has 0 unspecified atom stereocenters. The topological polar surface area (TPSA) is 62.2 Å². The number of ether oxygens (including phenoxy) is 1. The average molecular weight is 544 g/mol. The minimum Gasteiger partial charge on any atom is -0.469 e. The molecule has 0 aliphatic carbocycles. The summed E-state index contributed by atoms with van der Waals surface area (Å²) in [6.07, 6.45) is -2.03. The second kappa shape index (κ2) is 11.0. The smallest absolute Gasteiger partial charge is 0.401 e. The first-order valence-corrected chi connectivity index (χ1v) is 12.0. The molecule has 0 aromatic heterocycles. The van der Waals surface area contributed by atoms with Crippen LogP contribution in [0.1, 0.15) is 32.3 Å². The van der Waals surface area contributed by atoms with Crippen molar-refractivity contribution >= 4 is 39.2 Å². The van der Waals surface area contributed by atoms with Crippen LogP contribution in [0.5, 0.6) is 0 Å². The van der Waals surface area contributed by atoms with Gasteiger partial charge >= 0.3 is 12.1 Å². The molecule has 34 heavy (non-hydrogen) atoms. The Labute approximate surface area is 206 Å². The summed E-state index contributed by atoms with van der Waals surface area (Å²) in [6.45, 7) is 2.93. The number of methoxy groups -OCH3 is 1. The third kappa shape index (κ3) is 6.69. The molecular formula is C24H29BrF3N3O3. The lowest BCUT2D eigenvalue weighted by Crippen LogP contribution is -2.60. The lowest BCUT2D eigenvalue weighted by molar-refractivity contribution is -0.157. The van der Waals surface area contributed by atoms with Crippen LogP contribution in [0.15, 0.2) is 39.8 Å². The van der Waals surface area contributed by atoms with Gasteiger partial charge in [0.2, 0.25) is 5.91 Å². The molecule has 2 aliphatic rings. The van der Waals surface area contributed by atoms with E-state index in [-0.39, 0.29) is 37.9 Å². The van der Waals surface area contributed by atoms with E-state index >= 15 is 0 Å². The van der Waals surface area contributed by atoms with Crippen molar-refractivity contribution in [2.45, 2.75) is 38.9 Å². The molecule has 2 atom stereocenters. The maximum Gasteiger partial charge on any atom is 0.401 e. The number of carbonyl (C=O) groups excluding carboxylic acids is 2. The fourth-order valence-electron chi connectivity index (χ4n) is 4.33. The van der Waals surface area contributed by atoms with Crippen LogP contribution in [0.2, 0.25) is 0 Å². The van der Waals surface area contributed by atoms with Gasteiger partial charge in [0, 0.05) is 36.2 Å². The molecule has 1 amide bonds. The van der Waals surface area contributed by atoms with Crippen LogP contribution in [0.25, 0.3) is 5.70 Å². The predicted molar refractivity (Wildman–Crippen MR) is 127 cm³/mol. The number of piperazine rings is 1. The number of halogens is 4. The fraction of sp³-hybridized carbons (Fsp3) is 0.542. The SMILES string of the molecule is COC(=O)C[C@H](C(=O)N1CCN(CC(F)(F)F)C[C@H]1C1=NC(c2ccc(Br)cc2)=CC1)C(C)C. The highest BCUT2D eigenvalue weighted by Gasteiger charge is 2.41. The quantitative estimate of drug-likeness (QED) is 0.473. The number of esters is 1. The highest BCUT2D eigenvalue weighted by atomic mass is 79.9. The summed E-state index contributed by atoms with van der Waals surface area (Å²) in [5.41, 5.74) is 2.28. The van der Waals surface area contributed by atoms with Crippen molar-refractivity contribution in [3.63, 3.8) is 0 Å². The largest absolute Gasteiger partial charge is 0.469 e. The van der Waals surface area contributed by atoms with Gasteiger partial charge in [0.25, 0.3) is 0 Å². The second-order valence-corrected chi connectivity index (χ2v) is 9.85. The van der Waals surface area contributed by atoms with E-state index in [0.29, 0.717) is 12.1 Å². The molecule has 2 aliphatic heterocycles. The van der Waals surface area contributed by atoms with E-state index in [1.54, 1.807) is 4.90 Å². The van der Waals surface area contributed by atoms with Crippen LogP contribution in [0.4, 0.5) is 13.2 Å². The summed E-state index contributed by atoms with van der Waals surface area (Å²) in [4.78, 5) is 33.1. The van der Waals surface area contributed by atoms with Crippen LogP contribution in [0, 0.1) is 11.8 Å². The molecule has 3 rings (SSSR count). The van der Waals surface area contributed by atoms with Crippen LogP contribution in [0.3, 0.4) is 0 Å². The van der Waals surface area contributed by atoms with Gasteiger partial charge in [0.15, 0.2) is 0 Å². The van der Waals surface area contributed by atoms with E-state index in [4.69, 9.17) is 9.73 Å². The standard InChI is InChI=1S/C24H29BrF3N3O3/c1-15(2)18(12-22(32)34-3)23(33)31-11-10-30(14-24(26,27)28)13-21(31)20-9-8-19(29-20)16-4-6-17(25)7-5-16/h4-8,15,18,21H,9-14H2,1-3H3/t18-,21-/m0/s1. The van der Waals surface area contributed by atoms with Crippen LogP contribution < -0.4 is 0 Å². The molecule has 1 fully saturated rings. The summed E-state index contributed by atoms with van der Waals surface area (Å²) < 4.78 is 45.0. The Morgan fingerprint density at radius 3 is 2.47 bits per heavy atom. The highest BCUT2D eigenvalue weighted by molar-refractivity contribution is 9.10. The van der Waals surface area contributed by atoms with Crippen molar-refractivity contribution in [2.75, 3.05) is 33.3 Å². The maximum atomic E-state index is 13.5. The number of hydrogen-bond donors (Lipinski definition) is 0. The molecule has 0 radical (unpaired) electrons. The van der Waals surface area contributed by atoms with Crippen LogP contribution in [-0.4, -0.2) is 72.9 Å². The molecule has 0 N–H and O–H groups in total.